The highest BCUT2D eigenvalue weighted by atomic mass is 32.1. The van der Waals surface area contributed by atoms with Gasteiger partial charge in [0.25, 0.3) is 0 Å². The number of pyridine rings is 1. The average Bonchev–Trinajstić information content (AvgIpc) is 3.50. The summed E-state index contributed by atoms with van der Waals surface area (Å²) in [5.74, 6) is -0.527. The molecule has 2 aromatic carbocycles. The fraction of sp³-hybridized carbons (Fsp3) is 0.521. The van der Waals surface area contributed by atoms with Gasteiger partial charge in [-0.15, -0.1) is 11.3 Å². The number of ether oxygens (including phenoxy) is 2. The van der Waals surface area contributed by atoms with Crippen LogP contribution in [0.1, 0.15) is 98.0 Å². The van der Waals surface area contributed by atoms with Crippen molar-refractivity contribution in [2.24, 2.45) is 23.0 Å². The molecule has 4 aromatic rings. The number of Topliss-reactive ketones (excluding diaryl/α,β-unsaturated/α-hetero) is 2. The third-order valence-electron chi connectivity index (χ3n) is 12.8. The number of amides is 1. The number of allylic oxidation sites excluding steroid dienone is 2. The van der Waals surface area contributed by atoms with Gasteiger partial charge in [-0.05, 0) is 68.6 Å². The van der Waals surface area contributed by atoms with Crippen molar-refractivity contribution >= 4 is 52.2 Å². The van der Waals surface area contributed by atoms with Crippen molar-refractivity contribution in [3.05, 3.63) is 77.7 Å². The molecule has 0 radical (unpaired) electrons. The zero-order chi connectivity index (χ0) is 44.4. The van der Waals surface area contributed by atoms with Gasteiger partial charge in [0.2, 0.25) is 13.3 Å². The van der Waals surface area contributed by atoms with E-state index in [1.165, 1.54) is 11.3 Å². The van der Waals surface area contributed by atoms with Crippen LogP contribution in [0.3, 0.4) is 0 Å². The maximum Gasteiger partial charge on any atom is 0.226 e. The van der Waals surface area contributed by atoms with Gasteiger partial charge in [-0.1, -0.05) is 76.1 Å². The molecule has 7 atom stereocenters. The summed E-state index contributed by atoms with van der Waals surface area (Å²) in [5, 5.41) is 5.63. The molecule has 4 heterocycles. The van der Waals surface area contributed by atoms with E-state index in [9.17, 15) is 23.8 Å². The van der Waals surface area contributed by atoms with Crippen LogP contribution in [-0.2, 0) is 25.1 Å². The molecular formula is C48H62N5O7PS. The van der Waals surface area contributed by atoms with Crippen LogP contribution in [0.2, 0.25) is 0 Å². The van der Waals surface area contributed by atoms with Gasteiger partial charge in [-0.2, -0.15) is 0 Å². The Morgan fingerprint density at radius 3 is 2.58 bits per heavy atom. The number of fused-ring (bicyclic) bond motifs is 3. The second-order valence-corrected chi connectivity index (χ2v) is 22.4. The first-order valence-corrected chi connectivity index (χ1v) is 24.7. The summed E-state index contributed by atoms with van der Waals surface area (Å²) in [4.78, 5) is 67.0. The van der Waals surface area contributed by atoms with E-state index in [1.54, 1.807) is 12.0 Å². The highest BCUT2D eigenvalue weighted by Gasteiger charge is 2.65. The third kappa shape index (κ3) is 10.2. The maximum absolute atomic E-state index is 15.0. The lowest BCUT2D eigenvalue weighted by atomic mass is 9.81. The maximum atomic E-state index is 15.0. The molecule has 1 aliphatic carbocycles. The van der Waals surface area contributed by atoms with E-state index in [0.29, 0.717) is 41.2 Å². The van der Waals surface area contributed by atoms with Gasteiger partial charge in [-0.3, -0.25) is 18.9 Å². The van der Waals surface area contributed by atoms with Crippen LogP contribution in [0.5, 0.6) is 11.5 Å². The molecule has 0 bridgehead atoms. The summed E-state index contributed by atoms with van der Waals surface area (Å²) >= 11 is 1.48. The molecule has 332 valence electrons. The Labute approximate surface area is 369 Å². The van der Waals surface area contributed by atoms with E-state index in [1.807, 2.05) is 101 Å². The zero-order valence-electron chi connectivity index (χ0n) is 36.8. The molecule has 1 saturated heterocycles. The first-order valence-electron chi connectivity index (χ1n) is 22.0. The molecule has 1 saturated carbocycles. The van der Waals surface area contributed by atoms with E-state index in [4.69, 9.17) is 25.2 Å². The largest absolute Gasteiger partial charge is 0.497 e. The Bertz CT molecular complexity index is 2340. The minimum atomic E-state index is -3.95. The number of nitrogens with one attached hydrogen (secondary N) is 1. The molecule has 7 rings (SSSR count). The number of rotatable bonds is 12. The van der Waals surface area contributed by atoms with Gasteiger partial charge in [0.05, 0.1) is 48.3 Å². The first kappa shape index (κ1) is 45.6. The van der Waals surface area contributed by atoms with Crippen LogP contribution in [0.25, 0.3) is 22.3 Å². The minimum Gasteiger partial charge on any atom is -0.497 e. The number of aromatic nitrogens is 2. The number of carbonyl (C=O) groups is 3. The number of thiazole rings is 1. The second-order valence-electron chi connectivity index (χ2n) is 18.9. The Hall–Kier alpha value is -4.42. The smallest absolute Gasteiger partial charge is 0.226 e. The number of nitrogens with two attached hydrogens (primary N) is 1. The van der Waals surface area contributed by atoms with Gasteiger partial charge in [-0.25, -0.2) is 9.97 Å². The van der Waals surface area contributed by atoms with Gasteiger partial charge in [0.15, 0.2) is 16.7 Å². The van der Waals surface area contributed by atoms with Gasteiger partial charge in [0.1, 0.15) is 23.3 Å². The Morgan fingerprint density at radius 1 is 1.08 bits per heavy atom. The molecule has 14 heteroatoms. The van der Waals surface area contributed by atoms with Crippen LogP contribution in [0.15, 0.2) is 72.1 Å². The van der Waals surface area contributed by atoms with Gasteiger partial charge < -0.3 is 30.3 Å². The van der Waals surface area contributed by atoms with E-state index in [-0.39, 0.29) is 61.4 Å². The Kier molecular flexibility index (Phi) is 13.8. The lowest BCUT2D eigenvalue weighted by Crippen LogP contribution is -2.47. The van der Waals surface area contributed by atoms with E-state index >= 15 is 0 Å². The number of benzene rings is 2. The van der Waals surface area contributed by atoms with E-state index in [0.717, 1.165) is 41.8 Å². The topological polar surface area (TPSA) is 174 Å². The standard InChI is InChI=1S/C48H62N5O7PS/c1-30(2)50-46-52-39(29-62-46)38-24-43(36-20-19-34(59-6)22-37(36)51-38)60-35-23-40-42(55)26-48(61(57,58)28-31-15-11-10-12-16-31)25-33(48)18-14-9-7-8-13-17-32(45(56)53(40)27-35)21-41(54)44(49)47(3,4)5/h10-12,14-16,18-20,22,24,29-30,32-33,35,40,44H,7-9,13,17,21,23,25-28,49H2,1-6H3,(H,50,52)(H,57,58)/b18-14-/t32-,33-,35-,40+,44-,48-/m1/s1. The average molecular weight is 884 g/mol. The van der Waals surface area contributed by atoms with Gasteiger partial charge in [0, 0.05) is 54.1 Å². The molecule has 2 aromatic heterocycles. The summed E-state index contributed by atoms with van der Waals surface area (Å²) in [7, 11) is -2.35. The summed E-state index contributed by atoms with van der Waals surface area (Å²) in [6.07, 6.45) is 7.56. The predicted molar refractivity (Wildman–Crippen MR) is 246 cm³/mol. The van der Waals surface area contributed by atoms with Crippen LogP contribution in [-0.4, -0.2) is 80.3 Å². The van der Waals surface area contributed by atoms with Crippen LogP contribution in [0.4, 0.5) is 5.13 Å². The van der Waals surface area contributed by atoms with Crippen LogP contribution >= 0.6 is 18.7 Å². The number of hydrogen-bond acceptors (Lipinski definition) is 11. The molecule has 1 amide bonds. The number of hydrogen-bond donors (Lipinski definition) is 3. The normalized spacial score (nSPS) is 25.5. The summed E-state index contributed by atoms with van der Waals surface area (Å²) < 4.78 is 27.0. The fourth-order valence-corrected chi connectivity index (χ4v) is 12.4. The molecule has 4 N–H and O–H groups in total. The molecule has 2 fully saturated rings. The van der Waals surface area contributed by atoms with Crippen molar-refractivity contribution in [1.82, 2.24) is 14.9 Å². The quantitative estimate of drug-likeness (QED) is 0.0914. The summed E-state index contributed by atoms with van der Waals surface area (Å²) in [6.45, 7) is 9.93. The van der Waals surface area contributed by atoms with Crippen molar-refractivity contribution in [2.75, 3.05) is 19.0 Å². The van der Waals surface area contributed by atoms with Gasteiger partial charge >= 0.3 is 0 Å². The highest BCUT2D eigenvalue weighted by Crippen LogP contribution is 2.74. The molecule has 62 heavy (non-hydrogen) atoms. The minimum absolute atomic E-state index is 0.0312. The van der Waals surface area contributed by atoms with Crippen molar-refractivity contribution in [2.45, 2.75) is 128 Å². The summed E-state index contributed by atoms with van der Waals surface area (Å²) in [6, 6.07) is 15.2. The number of anilines is 1. The molecule has 0 spiro atoms. The van der Waals surface area contributed by atoms with Crippen molar-refractivity contribution in [3.8, 4) is 22.9 Å². The Balaban J connectivity index is 1.25. The lowest BCUT2D eigenvalue weighted by Gasteiger charge is -2.31. The van der Waals surface area contributed by atoms with Crippen LogP contribution in [0, 0.1) is 17.3 Å². The highest BCUT2D eigenvalue weighted by molar-refractivity contribution is 7.59. The predicted octanol–water partition coefficient (Wildman–Crippen LogP) is 9.19. The molecule has 2 aliphatic heterocycles. The molecule has 3 aliphatic rings. The second kappa shape index (κ2) is 18.7. The zero-order valence-corrected chi connectivity index (χ0v) is 38.6. The molecule has 12 nitrogen and oxygen atoms in total. The number of ketones is 2. The summed E-state index contributed by atoms with van der Waals surface area (Å²) in [5.41, 5.74) is 8.60. The number of nitrogens with zero attached hydrogens (tertiary/aromatic N) is 3. The van der Waals surface area contributed by atoms with Crippen molar-refractivity contribution in [3.63, 3.8) is 0 Å². The Morgan fingerprint density at radius 2 is 1.85 bits per heavy atom. The van der Waals surface area contributed by atoms with Crippen LogP contribution < -0.4 is 20.5 Å². The SMILES string of the molecule is COc1ccc2c(O[C@@H]3C[C@H]4C(=O)C[C@]5(P(=O)(O)Cc6ccccc6)C[C@H]5/C=C\CCCCC[C@H](CC(=O)[C@@H](N)C(C)(C)C)C(=O)N4C3)cc(-c3csc(NC(C)C)n3)nc2c1. The third-order valence-corrected chi connectivity index (χ3v) is 16.4. The number of methoxy groups -OCH3 is 1. The first-order chi connectivity index (χ1) is 29.5. The van der Waals surface area contributed by atoms with E-state index < -0.39 is 42.0 Å². The number of carbonyl (C=O) groups excluding carboxylic acids is 3. The van der Waals surface area contributed by atoms with E-state index in [2.05, 4.69) is 11.4 Å². The van der Waals surface area contributed by atoms with Crippen molar-refractivity contribution < 1.29 is 33.3 Å². The monoisotopic (exact) mass is 883 g/mol. The molecule has 1 unspecified atom stereocenters. The fourth-order valence-electron chi connectivity index (χ4n) is 9.04. The van der Waals surface area contributed by atoms with Crippen molar-refractivity contribution in [1.29, 1.82) is 0 Å². The lowest BCUT2D eigenvalue weighted by molar-refractivity contribution is -0.143. The molecular weight excluding hydrogens is 822 g/mol.